The number of carbonyl (C=O) groups is 2. The van der Waals surface area contributed by atoms with Crippen molar-refractivity contribution < 1.29 is 24.2 Å². The van der Waals surface area contributed by atoms with Crippen LogP contribution in [-0.2, 0) is 9.53 Å². The molecule has 128 valence electrons. The van der Waals surface area contributed by atoms with Gasteiger partial charge in [0.25, 0.3) is 0 Å². The molecule has 0 aromatic heterocycles. The van der Waals surface area contributed by atoms with E-state index in [-0.39, 0.29) is 0 Å². The zero-order valence-corrected chi connectivity index (χ0v) is 15.0. The molecule has 0 bridgehead atoms. The first-order valence-corrected chi connectivity index (χ1v) is 7.73. The summed E-state index contributed by atoms with van der Waals surface area (Å²) < 4.78 is 11.4. The predicted molar refractivity (Wildman–Crippen MR) is 89.4 cm³/mol. The molecule has 23 heavy (non-hydrogen) atoms. The van der Waals surface area contributed by atoms with Crippen molar-refractivity contribution in [3.05, 3.63) is 22.7 Å². The standard InChI is InChI=1S/C15H21BrN2O5/c1-8(22-11-6-5-9(16)7-10(11)17)12(13(19)20)18-14(21)23-15(2,3)4/h5-8,12H,17H2,1-4H3,(H,18,21)(H,19,20). The van der Waals surface area contributed by atoms with Crippen LogP contribution in [-0.4, -0.2) is 34.9 Å². The van der Waals surface area contributed by atoms with E-state index in [2.05, 4.69) is 21.2 Å². The summed E-state index contributed by atoms with van der Waals surface area (Å²) in [6.07, 6.45) is -1.69. The molecule has 0 aliphatic rings. The number of ether oxygens (including phenoxy) is 2. The van der Waals surface area contributed by atoms with E-state index in [0.29, 0.717) is 11.4 Å². The summed E-state index contributed by atoms with van der Waals surface area (Å²) in [5.41, 5.74) is 5.44. The second kappa shape index (κ2) is 7.54. The Morgan fingerprint density at radius 1 is 1.35 bits per heavy atom. The number of benzene rings is 1. The Labute approximate surface area is 143 Å². The number of nitrogens with one attached hydrogen (secondary N) is 1. The fourth-order valence-electron chi connectivity index (χ4n) is 1.71. The number of halogens is 1. The second-order valence-electron chi connectivity index (χ2n) is 5.97. The van der Waals surface area contributed by atoms with E-state index >= 15 is 0 Å². The zero-order chi connectivity index (χ0) is 17.8. The van der Waals surface area contributed by atoms with Crippen LogP contribution in [0.15, 0.2) is 22.7 Å². The maximum Gasteiger partial charge on any atom is 0.408 e. The number of carboxylic acid groups (broad SMARTS) is 1. The third kappa shape index (κ3) is 6.35. The number of carbonyl (C=O) groups excluding carboxylic acids is 1. The Kier molecular flexibility index (Phi) is 6.26. The monoisotopic (exact) mass is 388 g/mol. The van der Waals surface area contributed by atoms with Crippen LogP contribution >= 0.6 is 15.9 Å². The summed E-state index contributed by atoms with van der Waals surface area (Å²) in [5, 5.41) is 11.6. The van der Waals surface area contributed by atoms with Gasteiger partial charge in [-0.05, 0) is 45.9 Å². The number of rotatable bonds is 5. The molecule has 1 amide bonds. The smallest absolute Gasteiger partial charge is 0.408 e. The maximum absolute atomic E-state index is 11.8. The van der Waals surface area contributed by atoms with Gasteiger partial charge in [0, 0.05) is 4.47 Å². The summed E-state index contributed by atoms with van der Waals surface area (Å²) in [6, 6.07) is 3.68. The van der Waals surface area contributed by atoms with Gasteiger partial charge in [-0.2, -0.15) is 0 Å². The number of hydrogen-bond acceptors (Lipinski definition) is 5. The summed E-state index contributed by atoms with van der Waals surface area (Å²) in [7, 11) is 0. The van der Waals surface area contributed by atoms with Gasteiger partial charge in [-0.3, -0.25) is 0 Å². The molecule has 1 aromatic rings. The Bertz CT molecular complexity index is 586. The molecule has 0 saturated carbocycles. The molecular weight excluding hydrogens is 368 g/mol. The average Bonchev–Trinajstić information content (AvgIpc) is 2.36. The van der Waals surface area contributed by atoms with Gasteiger partial charge in [0.1, 0.15) is 17.5 Å². The Balaban J connectivity index is 2.80. The van der Waals surface area contributed by atoms with E-state index in [1.165, 1.54) is 6.92 Å². The van der Waals surface area contributed by atoms with Gasteiger partial charge in [-0.25, -0.2) is 9.59 Å². The highest BCUT2D eigenvalue weighted by Crippen LogP contribution is 2.26. The van der Waals surface area contributed by atoms with Crippen molar-refractivity contribution >= 4 is 33.7 Å². The van der Waals surface area contributed by atoms with Crippen LogP contribution in [0.4, 0.5) is 10.5 Å². The summed E-state index contributed by atoms with van der Waals surface area (Å²) in [4.78, 5) is 23.1. The number of carboxylic acids is 1. The summed E-state index contributed by atoms with van der Waals surface area (Å²) >= 11 is 3.27. The molecule has 0 aliphatic carbocycles. The third-order valence-corrected chi connectivity index (χ3v) is 3.19. The number of nitrogen functional groups attached to an aromatic ring is 1. The fourth-order valence-corrected chi connectivity index (χ4v) is 2.09. The highest BCUT2D eigenvalue weighted by molar-refractivity contribution is 9.10. The van der Waals surface area contributed by atoms with Crippen LogP contribution in [0.1, 0.15) is 27.7 Å². The van der Waals surface area contributed by atoms with Crippen molar-refractivity contribution in [2.75, 3.05) is 5.73 Å². The lowest BCUT2D eigenvalue weighted by molar-refractivity contribution is -0.141. The van der Waals surface area contributed by atoms with Crippen LogP contribution in [0.2, 0.25) is 0 Å². The number of amides is 1. The molecule has 0 aliphatic heterocycles. The van der Waals surface area contributed by atoms with Gasteiger partial charge >= 0.3 is 12.1 Å². The minimum atomic E-state index is -1.28. The number of alkyl carbamates (subject to hydrolysis) is 1. The Morgan fingerprint density at radius 3 is 2.43 bits per heavy atom. The molecule has 0 heterocycles. The normalized spacial score (nSPS) is 13.8. The Morgan fingerprint density at radius 2 is 1.96 bits per heavy atom. The van der Waals surface area contributed by atoms with Gasteiger partial charge in [0.15, 0.2) is 6.04 Å². The molecule has 4 N–H and O–H groups in total. The minimum Gasteiger partial charge on any atom is -0.486 e. The maximum atomic E-state index is 11.8. The average molecular weight is 389 g/mol. The lowest BCUT2D eigenvalue weighted by Gasteiger charge is -2.25. The minimum absolute atomic E-state index is 0.331. The molecule has 2 unspecified atom stereocenters. The van der Waals surface area contributed by atoms with Crippen molar-refractivity contribution in [3.63, 3.8) is 0 Å². The van der Waals surface area contributed by atoms with Crippen molar-refractivity contribution in [2.45, 2.75) is 45.4 Å². The van der Waals surface area contributed by atoms with Crippen molar-refractivity contribution in [1.82, 2.24) is 5.32 Å². The first kappa shape index (κ1) is 19.1. The zero-order valence-electron chi connectivity index (χ0n) is 13.4. The number of nitrogens with two attached hydrogens (primary N) is 1. The van der Waals surface area contributed by atoms with Gasteiger partial charge in [0.2, 0.25) is 0 Å². The van der Waals surface area contributed by atoms with Crippen LogP contribution in [0.5, 0.6) is 5.75 Å². The van der Waals surface area contributed by atoms with Gasteiger partial charge < -0.3 is 25.6 Å². The van der Waals surface area contributed by atoms with Crippen LogP contribution in [0.25, 0.3) is 0 Å². The third-order valence-electron chi connectivity index (χ3n) is 2.69. The lowest BCUT2D eigenvalue weighted by Crippen LogP contribution is -2.51. The highest BCUT2D eigenvalue weighted by atomic mass is 79.9. The van der Waals surface area contributed by atoms with Crippen LogP contribution < -0.4 is 15.8 Å². The summed E-state index contributed by atoms with van der Waals surface area (Å²) in [5.74, 6) is -0.906. The highest BCUT2D eigenvalue weighted by Gasteiger charge is 2.30. The number of aliphatic carboxylic acids is 1. The Hall–Kier alpha value is -1.96. The van der Waals surface area contributed by atoms with E-state index in [9.17, 15) is 14.7 Å². The van der Waals surface area contributed by atoms with Crippen molar-refractivity contribution in [1.29, 1.82) is 0 Å². The molecule has 0 radical (unpaired) electrons. The van der Waals surface area contributed by atoms with E-state index in [1.807, 2.05) is 0 Å². The molecule has 0 saturated heterocycles. The molecule has 7 nitrogen and oxygen atoms in total. The van der Waals surface area contributed by atoms with Crippen molar-refractivity contribution in [3.8, 4) is 5.75 Å². The quantitative estimate of drug-likeness (QED) is 0.668. The van der Waals surface area contributed by atoms with Crippen LogP contribution in [0.3, 0.4) is 0 Å². The molecule has 1 rings (SSSR count). The van der Waals surface area contributed by atoms with Gasteiger partial charge in [0.05, 0.1) is 5.69 Å². The topological polar surface area (TPSA) is 111 Å². The van der Waals surface area contributed by atoms with E-state index in [1.54, 1.807) is 39.0 Å². The summed E-state index contributed by atoms with van der Waals surface area (Å²) in [6.45, 7) is 6.58. The first-order chi connectivity index (χ1) is 10.5. The lowest BCUT2D eigenvalue weighted by atomic mass is 10.2. The van der Waals surface area contributed by atoms with E-state index in [0.717, 1.165) is 4.47 Å². The predicted octanol–water partition coefficient (Wildman–Crippen LogP) is 2.78. The largest absolute Gasteiger partial charge is 0.486 e. The second-order valence-corrected chi connectivity index (χ2v) is 6.88. The fraction of sp³-hybridized carbons (Fsp3) is 0.467. The van der Waals surface area contributed by atoms with Gasteiger partial charge in [-0.15, -0.1) is 0 Å². The first-order valence-electron chi connectivity index (χ1n) is 6.93. The van der Waals surface area contributed by atoms with E-state index in [4.69, 9.17) is 15.2 Å². The van der Waals surface area contributed by atoms with Gasteiger partial charge in [-0.1, -0.05) is 15.9 Å². The van der Waals surface area contributed by atoms with E-state index < -0.39 is 29.8 Å². The molecular formula is C15H21BrN2O5. The SMILES string of the molecule is CC(Oc1ccc(Br)cc1N)C(NC(=O)OC(C)(C)C)C(=O)O. The molecule has 0 spiro atoms. The molecule has 1 aromatic carbocycles. The molecule has 0 fully saturated rings. The number of hydrogen-bond donors (Lipinski definition) is 3. The molecule has 8 heteroatoms. The number of anilines is 1. The molecule has 2 atom stereocenters. The van der Waals surface area contributed by atoms with Crippen molar-refractivity contribution in [2.24, 2.45) is 0 Å². The van der Waals surface area contributed by atoms with Crippen LogP contribution in [0, 0.1) is 0 Å².